The number of benzene rings is 2. The summed E-state index contributed by atoms with van der Waals surface area (Å²) in [5.41, 5.74) is 0.695. The lowest BCUT2D eigenvalue weighted by Crippen LogP contribution is -2.51. The molecule has 0 unspecified atom stereocenters. The summed E-state index contributed by atoms with van der Waals surface area (Å²) in [4.78, 5) is 28.0. The van der Waals surface area contributed by atoms with Crippen LogP contribution in [0.2, 0.25) is 0 Å². The standard InChI is InChI=1S/C18H20N2O3/c1-23-13-17(21)19-8-10-20(11-9-19)18(22)16-7-6-14-4-2-3-5-15(14)12-16/h2-7,12H,8-11,13H2,1H3. The van der Waals surface area contributed by atoms with Crippen LogP contribution >= 0.6 is 0 Å². The van der Waals surface area contributed by atoms with E-state index < -0.39 is 0 Å². The number of ether oxygens (including phenoxy) is 1. The Labute approximate surface area is 135 Å². The van der Waals surface area contributed by atoms with Crippen molar-refractivity contribution >= 4 is 22.6 Å². The molecule has 2 aromatic carbocycles. The number of amides is 2. The Hall–Kier alpha value is -2.40. The quantitative estimate of drug-likeness (QED) is 0.868. The van der Waals surface area contributed by atoms with Gasteiger partial charge in [-0.25, -0.2) is 0 Å². The molecule has 0 aromatic heterocycles. The molecule has 5 nitrogen and oxygen atoms in total. The van der Waals surface area contributed by atoms with Crippen LogP contribution in [-0.4, -0.2) is 61.5 Å². The van der Waals surface area contributed by atoms with Crippen molar-refractivity contribution in [2.75, 3.05) is 39.9 Å². The fourth-order valence-corrected chi connectivity index (χ4v) is 2.88. The van der Waals surface area contributed by atoms with Crippen LogP contribution in [0.4, 0.5) is 0 Å². The summed E-state index contributed by atoms with van der Waals surface area (Å²) in [7, 11) is 1.51. The smallest absolute Gasteiger partial charge is 0.253 e. The van der Waals surface area contributed by atoms with E-state index in [2.05, 4.69) is 0 Å². The molecule has 5 heteroatoms. The highest BCUT2D eigenvalue weighted by atomic mass is 16.5. The van der Waals surface area contributed by atoms with Gasteiger partial charge < -0.3 is 14.5 Å². The summed E-state index contributed by atoms with van der Waals surface area (Å²) in [5, 5.41) is 2.19. The average molecular weight is 312 g/mol. The van der Waals surface area contributed by atoms with Gasteiger partial charge >= 0.3 is 0 Å². The molecule has 23 heavy (non-hydrogen) atoms. The number of hydrogen-bond acceptors (Lipinski definition) is 3. The van der Waals surface area contributed by atoms with Crippen molar-refractivity contribution in [1.29, 1.82) is 0 Å². The van der Waals surface area contributed by atoms with E-state index in [1.807, 2.05) is 42.5 Å². The van der Waals surface area contributed by atoms with Crippen LogP contribution in [0.5, 0.6) is 0 Å². The molecule has 1 fully saturated rings. The number of fused-ring (bicyclic) bond motifs is 1. The Morgan fingerprint density at radius 2 is 1.61 bits per heavy atom. The normalized spacial score (nSPS) is 15.0. The number of hydrogen-bond donors (Lipinski definition) is 0. The third-order valence-electron chi connectivity index (χ3n) is 4.18. The van der Waals surface area contributed by atoms with Gasteiger partial charge in [-0.1, -0.05) is 30.3 Å². The van der Waals surface area contributed by atoms with Crippen LogP contribution in [0.15, 0.2) is 42.5 Å². The van der Waals surface area contributed by atoms with Crippen LogP contribution in [0, 0.1) is 0 Å². The second-order valence-electron chi connectivity index (χ2n) is 5.67. The first-order valence-electron chi connectivity index (χ1n) is 7.74. The summed E-state index contributed by atoms with van der Waals surface area (Å²) < 4.78 is 4.87. The van der Waals surface area contributed by atoms with Crippen molar-refractivity contribution in [1.82, 2.24) is 9.80 Å². The minimum absolute atomic E-state index is 0.0228. The van der Waals surface area contributed by atoms with Gasteiger partial charge in [0, 0.05) is 38.9 Å². The highest BCUT2D eigenvalue weighted by molar-refractivity contribution is 5.98. The van der Waals surface area contributed by atoms with E-state index in [-0.39, 0.29) is 18.4 Å². The Bertz CT molecular complexity index is 721. The highest BCUT2D eigenvalue weighted by Gasteiger charge is 2.24. The summed E-state index contributed by atoms with van der Waals surface area (Å²) in [5.74, 6) is -0.0000947. The summed E-state index contributed by atoms with van der Waals surface area (Å²) in [6.45, 7) is 2.32. The fraction of sp³-hybridized carbons (Fsp3) is 0.333. The first-order valence-corrected chi connectivity index (χ1v) is 7.74. The Kier molecular flexibility index (Phi) is 4.57. The van der Waals surface area contributed by atoms with Gasteiger partial charge in [0.25, 0.3) is 5.91 Å². The van der Waals surface area contributed by atoms with Crippen LogP contribution in [0.25, 0.3) is 10.8 Å². The lowest BCUT2D eigenvalue weighted by atomic mass is 10.1. The molecular weight excluding hydrogens is 292 g/mol. The molecule has 0 radical (unpaired) electrons. The fourth-order valence-electron chi connectivity index (χ4n) is 2.88. The number of nitrogens with zero attached hydrogens (tertiary/aromatic N) is 2. The summed E-state index contributed by atoms with van der Waals surface area (Å²) in [6, 6.07) is 13.8. The SMILES string of the molecule is COCC(=O)N1CCN(C(=O)c2ccc3ccccc3c2)CC1. The summed E-state index contributed by atoms with van der Waals surface area (Å²) in [6.07, 6.45) is 0. The Morgan fingerprint density at radius 1 is 0.957 bits per heavy atom. The van der Waals surface area contributed by atoms with Crippen molar-refractivity contribution in [2.24, 2.45) is 0 Å². The van der Waals surface area contributed by atoms with Crippen LogP contribution in [0.1, 0.15) is 10.4 Å². The van der Waals surface area contributed by atoms with Gasteiger partial charge in [0.15, 0.2) is 0 Å². The molecule has 3 rings (SSSR count). The first kappa shape index (κ1) is 15.5. The van der Waals surface area contributed by atoms with E-state index in [1.165, 1.54) is 7.11 Å². The second kappa shape index (κ2) is 6.79. The number of carbonyl (C=O) groups is 2. The maximum absolute atomic E-state index is 12.6. The van der Waals surface area contributed by atoms with Crippen molar-refractivity contribution in [3.8, 4) is 0 Å². The lowest BCUT2D eigenvalue weighted by molar-refractivity contribution is -0.136. The van der Waals surface area contributed by atoms with Gasteiger partial charge in [-0.2, -0.15) is 0 Å². The van der Waals surface area contributed by atoms with Gasteiger partial charge in [-0.3, -0.25) is 9.59 Å². The van der Waals surface area contributed by atoms with E-state index in [0.717, 1.165) is 10.8 Å². The molecule has 2 aromatic rings. The summed E-state index contributed by atoms with van der Waals surface area (Å²) >= 11 is 0. The van der Waals surface area contributed by atoms with Gasteiger partial charge in [0.05, 0.1) is 0 Å². The minimum Gasteiger partial charge on any atom is -0.375 e. The average Bonchev–Trinajstić information content (AvgIpc) is 2.61. The Balaban J connectivity index is 1.67. The van der Waals surface area contributed by atoms with E-state index in [0.29, 0.717) is 31.7 Å². The van der Waals surface area contributed by atoms with Crippen molar-refractivity contribution in [3.63, 3.8) is 0 Å². The second-order valence-corrected chi connectivity index (χ2v) is 5.67. The molecule has 0 bridgehead atoms. The zero-order valence-corrected chi connectivity index (χ0v) is 13.2. The largest absolute Gasteiger partial charge is 0.375 e. The zero-order valence-electron chi connectivity index (χ0n) is 13.2. The number of carbonyl (C=O) groups excluding carboxylic acids is 2. The molecular formula is C18H20N2O3. The molecule has 2 amide bonds. The predicted octanol–water partition coefficient (Wildman–Crippen LogP) is 1.77. The molecule has 0 atom stereocenters. The first-order chi connectivity index (χ1) is 11.2. The predicted molar refractivity (Wildman–Crippen MR) is 88.3 cm³/mol. The zero-order chi connectivity index (χ0) is 16.2. The van der Waals surface area contributed by atoms with Crippen LogP contribution < -0.4 is 0 Å². The number of piperazine rings is 1. The Morgan fingerprint density at radius 3 is 2.30 bits per heavy atom. The van der Waals surface area contributed by atoms with Gasteiger partial charge in [-0.05, 0) is 22.9 Å². The monoisotopic (exact) mass is 312 g/mol. The molecule has 1 aliphatic rings. The third-order valence-corrected chi connectivity index (χ3v) is 4.18. The molecule has 0 N–H and O–H groups in total. The third kappa shape index (κ3) is 3.35. The van der Waals surface area contributed by atoms with Crippen LogP contribution in [-0.2, 0) is 9.53 Å². The van der Waals surface area contributed by atoms with Crippen molar-refractivity contribution < 1.29 is 14.3 Å². The van der Waals surface area contributed by atoms with Gasteiger partial charge in [-0.15, -0.1) is 0 Å². The number of rotatable bonds is 3. The van der Waals surface area contributed by atoms with Gasteiger partial charge in [0.2, 0.25) is 5.91 Å². The molecule has 1 heterocycles. The number of methoxy groups -OCH3 is 1. The topological polar surface area (TPSA) is 49.9 Å². The maximum Gasteiger partial charge on any atom is 0.253 e. The minimum atomic E-state index is -0.0229. The molecule has 0 saturated carbocycles. The lowest BCUT2D eigenvalue weighted by Gasteiger charge is -2.34. The van der Waals surface area contributed by atoms with Crippen molar-refractivity contribution in [2.45, 2.75) is 0 Å². The maximum atomic E-state index is 12.6. The van der Waals surface area contributed by atoms with E-state index >= 15 is 0 Å². The molecule has 120 valence electrons. The van der Waals surface area contributed by atoms with E-state index in [4.69, 9.17) is 4.74 Å². The highest BCUT2D eigenvalue weighted by Crippen LogP contribution is 2.17. The van der Waals surface area contributed by atoms with E-state index in [9.17, 15) is 9.59 Å². The van der Waals surface area contributed by atoms with Crippen molar-refractivity contribution in [3.05, 3.63) is 48.0 Å². The molecule has 1 saturated heterocycles. The molecule has 0 aliphatic carbocycles. The molecule has 1 aliphatic heterocycles. The molecule has 0 spiro atoms. The van der Waals surface area contributed by atoms with Gasteiger partial charge in [0.1, 0.15) is 6.61 Å². The van der Waals surface area contributed by atoms with E-state index in [1.54, 1.807) is 9.80 Å². The van der Waals surface area contributed by atoms with Crippen LogP contribution in [0.3, 0.4) is 0 Å².